The van der Waals surface area contributed by atoms with Crippen molar-refractivity contribution >= 4 is 11.6 Å². The first-order valence-electron chi connectivity index (χ1n) is 8.01. The Morgan fingerprint density at radius 1 is 1.43 bits per heavy atom. The predicted octanol–water partition coefficient (Wildman–Crippen LogP) is 1.11. The lowest BCUT2D eigenvalue weighted by atomic mass is 10.0. The molecular formula is C15H23N7O. The van der Waals surface area contributed by atoms with Crippen molar-refractivity contribution in [3.63, 3.8) is 0 Å². The van der Waals surface area contributed by atoms with Crippen molar-refractivity contribution in [3.05, 3.63) is 24.0 Å². The number of nitrogens with one attached hydrogen (secondary N) is 2. The summed E-state index contributed by atoms with van der Waals surface area (Å²) < 4.78 is 1.84. The van der Waals surface area contributed by atoms with Crippen LogP contribution in [0.5, 0.6) is 0 Å². The number of aromatic nitrogens is 5. The van der Waals surface area contributed by atoms with Crippen LogP contribution in [-0.4, -0.2) is 54.9 Å². The van der Waals surface area contributed by atoms with Gasteiger partial charge < -0.3 is 5.32 Å². The highest BCUT2D eigenvalue weighted by atomic mass is 16.2. The third kappa shape index (κ3) is 3.76. The average molecular weight is 317 g/mol. The minimum absolute atomic E-state index is 0.00286. The van der Waals surface area contributed by atoms with E-state index >= 15 is 0 Å². The molecule has 8 heteroatoms. The maximum absolute atomic E-state index is 12.4. The molecule has 0 aliphatic carbocycles. The zero-order valence-electron chi connectivity index (χ0n) is 13.6. The standard InChI is InChI=1S/C15H23N7O/c1-11-15(12(2)20-19-11)18-14(23)8-21-6-4-3-5-13(21)7-22-10-16-9-17-22/h9-10,13H,3-8H2,1-2H3,(H,18,23)(H,19,20). The van der Waals surface area contributed by atoms with Crippen LogP contribution in [0.3, 0.4) is 0 Å². The Morgan fingerprint density at radius 3 is 3.00 bits per heavy atom. The predicted molar refractivity (Wildman–Crippen MR) is 85.9 cm³/mol. The van der Waals surface area contributed by atoms with Crippen molar-refractivity contribution in [2.45, 2.75) is 45.7 Å². The number of piperidine rings is 1. The molecule has 2 aromatic rings. The summed E-state index contributed by atoms with van der Waals surface area (Å²) in [6.07, 6.45) is 6.68. The van der Waals surface area contributed by atoms with Crippen LogP contribution in [0.2, 0.25) is 0 Å². The largest absolute Gasteiger partial charge is 0.322 e. The molecule has 0 aromatic carbocycles. The molecule has 0 radical (unpaired) electrons. The zero-order valence-corrected chi connectivity index (χ0v) is 13.6. The third-order valence-corrected chi connectivity index (χ3v) is 4.35. The molecule has 124 valence electrons. The van der Waals surface area contributed by atoms with E-state index in [9.17, 15) is 4.79 Å². The number of anilines is 1. The number of hydrogen-bond acceptors (Lipinski definition) is 5. The lowest BCUT2D eigenvalue weighted by molar-refractivity contribution is -0.118. The molecular weight excluding hydrogens is 294 g/mol. The lowest BCUT2D eigenvalue weighted by Gasteiger charge is -2.35. The van der Waals surface area contributed by atoms with Crippen molar-refractivity contribution in [2.24, 2.45) is 0 Å². The third-order valence-electron chi connectivity index (χ3n) is 4.35. The summed E-state index contributed by atoms with van der Waals surface area (Å²) in [5, 5.41) is 14.1. The Balaban J connectivity index is 1.61. The zero-order chi connectivity index (χ0) is 16.2. The summed E-state index contributed by atoms with van der Waals surface area (Å²) in [6.45, 7) is 5.90. The normalized spacial score (nSPS) is 19.0. The lowest BCUT2D eigenvalue weighted by Crippen LogP contribution is -2.46. The van der Waals surface area contributed by atoms with Gasteiger partial charge in [0.25, 0.3) is 0 Å². The molecule has 3 heterocycles. The Hall–Kier alpha value is -2.22. The smallest absolute Gasteiger partial charge is 0.238 e. The molecule has 1 unspecified atom stereocenters. The fourth-order valence-electron chi connectivity index (χ4n) is 3.12. The van der Waals surface area contributed by atoms with E-state index < -0.39 is 0 Å². The van der Waals surface area contributed by atoms with Gasteiger partial charge in [0.1, 0.15) is 12.7 Å². The van der Waals surface area contributed by atoms with Crippen LogP contribution in [0.1, 0.15) is 30.7 Å². The van der Waals surface area contributed by atoms with Gasteiger partial charge >= 0.3 is 0 Å². The van der Waals surface area contributed by atoms with Crippen LogP contribution in [-0.2, 0) is 11.3 Å². The summed E-state index contributed by atoms with van der Waals surface area (Å²) in [6, 6.07) is 0.322. The molecule has 1 atom stereocenters. The van der Waals surface area contributed by atoms with E-state index in [4.69, 9.17) is 0 Å². The van der Waals surface area contributed by atoms with Gasteiger partial charge in [-0.25, -0.2) is 4.98 Å². The fourth-order valence-corrected chi connectivity index (χ4v) is 3.12. The highest BCUT2D eigenvalue weighted by Gasteiger charge is 2.25. The molecule has 8 nitrogen and oxygen atoms in total. The van der Waals surface area contributed by atoms with E-state index in [-0.39, 0.29) is 5.91 Å². The van der Waals surface area contributed by atoms with Crippen LogP contribution >= 0.6 is 0 Å². The van der Waals surface area contributed by atoms with E-state index in [1.165, 1.54) is 6.42 Å². The Morgan fingerprint density at radius 2 is 2.30 bits per heavy atom. The molecule has 1 fully saturated rings. The maximum atomic E-state index is 12.4. The van der Waals surface area contributed by atoms with Gasteiger partial charge in [0.05, 0.1) is 30.2 Å². The van der Waals surface area contributed by atoms with Crippen molar-refractivity contribution < 1.29 is 4.79 Å². The van der Waals surface area contributed by atoms with E-state index in [2.05, 4.69) is 30.5 Å². The molecule has 2 aromatic heterocycles. The van der Waals surface area contributed by atoms with E-state index in [1.807, 2.05) is 18.5 Å². The highest BCUT2D eigenvalue weighted by molar-refractivity contribution is 5.93. The number of likely N-dealkylation sites (tertiary alicyclic amines) is 1. The van der Waals surface area contributed by atoms with Gasteiger partial charge in [-0.15, -0.1) is 0 Å². The molecule has 1 aliphatic rings. The minimum atomic E-state index is 0.00286. The molecule has 23 heavy (non-hydrogen) atoms. The van der Waals surface area contributed by atoms with Gasteiger partial charge in [-0.2, -0.15) is 10.2 Å². The first-order valence-corrected chi connectivity index (χ1v) is 8.01. The van der Waals surface area contributed by atoms with Crippen molar-refractivity contribution in [2.75, 3.05) is 18.4 Å². The summed E-state index contributed by atoms with van der Waals surface area (Å²) >= 11 is 0. The second kappa shape index (κ2) is 6.91. The van der Waals surface area contributed by atoms with E-state index in [0.29, 0.717) is 12.6 Å². The topological polar surface area (TPSA) is 91.7 Å². The quantitative estimate of drug-likeness (QED) is 0.862. The van der Waals surface area contributed by atoms with Gasteiger partial charge in [-0.3, -0.25) is 19.5 Å². The molecule has 0 bridgehead atoms. The van der Waals surface area contributed by atoms with Crippen LogP contribution in [0.4, 0.5) is 5.69 Å². The number of amides is 1. The number of rotatable bonds is 5. The van der Waals surface area contributed by atoms with E-state index in [0.717, 1.165) is 43.0 Å². The second-order valence-corrected chi connectivity index (χ2v) is 6.09. The summed E-state index contributed by atoms with van der Waals surface area (Å²) in [4.78, 5) is 18.6. The van der Waals surface area contributed by atoms with Crippen LogP contribution in [0.25, 0.3) is 0 Å². The number of hydrogen-bond donors (Lipinski definition) is 2. The molecule has 0 spiro atoms. The first-order chi connectivity index (χ1) is 11.1. The molecule has 1 amide bonds. The Bertz CT molecular complexity index is 629. The molecule has 2 N–H and O–H groups in total. The number of aryl methyl sites for hydroxylation is 2. The number of nitrogens with zero attached hydrogens (tertiary/aromatic N) is 5. The highest BCUT2D eigenvalue weighted by Crippen LogP contribution is 2.19. The summed E-state index contributed by atoms with van der Waals surface area (Å²) in [5.41, 5.74) is 2.49. The van der Waals surface area contributed by atoms with Crippen LogP contribution in [0, 0.1) is 13.8 Å². The number of carbonyl (C=O) groups excluding carboxylic acids is 1. The van der Waals surface area contributed by atoms with Crippen molar-refractivity contribution in [3.8, 4) is 0 Å². The second-order valence-electron chi connectivity index (χ2n) is 6.09. The Labute approximate surface area is 135 Å². The minimum Gasteiger partial charge on any atom is -0.322 e. The average Bonchev–Trinajstić information content (AvgIpc) is 3.14. The molecule has 3 rings (SSSR count). The fraction of sp³-hybridized carbons (Fsp3) is 0.600. The van der Waals surface area contributed by atoms with E-state index in [1.54, 1.807) is 12.7 Å². The molecule has 0 saturated carbocycles. The number of aromatic amines is 1. The summed E-state index contributed by atoms with van der Waals surface area (Å²) in [5.74, 6) is 0.00286. The van der Waals surface area contributed by atoms with Crippen molar-refractivity contribution in [1.29, 1.82) is 0 Å². The van der Waals surface area contributed by atoms with Crippen LogP contribution < -0.4 is 5.32 Å². The van der Waals surface area contributed by atoms with Crippen molar-refractivity contribution in [1.82, 2.24) is 29.9 Å². The van der Waals surface area contributed by atoms with Gasteiger partial charge in [-0.05, 0) is 33.2 Å². The van der Waals surface area contributed by atoms with Gasteiger partial charge in [0, 0.05) is 6.04 Å². The Kier molecular flexibility index (Phi) is 4.71. The van der Waals surface area contributed by atoms with Gasteiger partial charge in [0.15, 0.2) is 0 Å². The number of carbonyl (C=O) groups is 1. The first kappa shape index (κ1) is 15.7. The molecule has 1 aliphatic heterocycles. The molecule has 1 saturated heterocycles. The van der Waals surface area contributed by atoms with Gasteiger partial charge in [0.2, 0.25) is 5.91 Å². The summed E-state index contributed by atoms with van der Waals surface area (Å²) in [7, 11) is 0. The van der Waals surface area contributed by atoms with Crippen LogP contribution in [0.15, 0.2) is 12.7 Å². The SMILES string of the molecule is Cc1n[nH]c(C)c1NC(=O)CN1CCCCC1Cn1cncn1. The number of H-pyrrole nitrogens is 1. The maximum Gasteiger partial charge on any atom is 0.238 e. The van der Waals surface area contributed by atoms with Gasteiger partial charge in [-0.1, -0.05) is 6.42 Å². The monoisotopic (exact) mass is 317 g/mol.